The van der Waals surface area contributed by atoms with Crippen molar-refractivity contribution < 1.29 is 19.0 Å². The van der Waals surface area contributed by atoms with E-state index in [0.29, 0.717) is 19.8 Å². The Kier molecular flexibility index (Phi) is 5.13. The van der Waals surface area contributed by atoms with Crippen molar-refractivity contribution >= 4 is 5.91 Å². The van der Waals surface area contributed by atoms with Crippen molar-refractivity contribution in [2.24, 2.45) is 0 Å². The number of piperidine rings is 1. The number of nitrogens with zero attached hydrogens (tertiary/aromatic N) is 2. The molecule has 2 saturated heterocycles. The van der Waals surface area contributed by atoms with E-state index in [1.54, 1.807) is 12.4 Å². The van der Waals surface area contributed by atoms with Gasteiger partial charge in [-0.1, -0.05) is 0 Å². The lowest BCUT2D eigenvalue weighted by Crippen LogP contribution is -2.51. The van der Waals surface area contributed by atoms with Crippen LogP contribution < -0.4 is 4.74 Å². The van der Waals surface area contributed by atoms with E-state index in [1.807, 2.05) is 24.0 Å². The molecule has 3 rings (SSSR count). The van der Waals surface area contributed by atoms with Crippen molar-refractivity contribution in [2.45, 2.75) is 37.9 Å². The lowest BCUT2D eigenvalue weighted by atomic mass is 9.89. The van der Waals surface area contributed by atoms with E-state index in [4.69, 9.17) is 14.2 Å². The average Bonchev–Trinajstić information content (AvgIpc) is 2.95. The predicted octanol–water partition coefficient (Wildman–Crippen LogP) is 1.65. The zero-order valence-corrected chi connectivity index (χ0v) is 13.6. The maximum absolute atomic E-state index is 12.2. The van der Waals surface area contributed by atoms with Gasteiger partial charge in [0.05, 0.1) is 18.4 Å². The van der Waals surface area contributed by atoms with Crippen molar-refractivity contribution in [3.05, 3.63) is 24.5 Å². The molecule has 1 aromatic rings. The molecule has 0 saturated carbocycles. The molecular weight excluding hydrogens is 296 g/mol. The molecule has 0 bridgehead atoms. The van der Waals surface area contributed by atoms with E-state index in [-0.39, 0.29) is 24.2 Å². The van der Waals surface area contributed by atoms with Crippen molar-refractivity contribution in [1.82, 2.24) is 9.88 Å². The molecular formula is C17H24N2O4. The Hall–Kier alpha value is -1.66. The fourth-order valence-electron chi connectivity index (χ4n) is 3.36. The van der Waals surface area contributed by atoms with Gasteiger partial charge >= 0.3 is 0 Å². The summed E-state index contributed by atoms with van der Waals surface area (Å²) in [5.74, 6) is 0.810. The van der Waals surface area contributed by atoms with E-state index in [2.05, 4.69) is 4.98 Å². The summed E-state index contributed by atoms with van der Waals surface area (Å²) in [7, 11) is 0. The predicted molar refractivity (Wildman–Crippen MR) is 84.3 cm³/mol. The van der Waals surface area contributed by atoms with Gasteiger partial charge in [0, 0.05) is 32.3 Å². The van der Waals surface area contributed by atoms with Crippen LogP contribution in [0.4, 0.5) is 0 Å². The Morgan fingerprint density at radius 1 is 1.57 bits per heavy atom. The number of ether oxygens (including phenoxy) is 3. The number of aromatic nitrogens is 1. The van der Waals surface area contributed by atoms with Crippen LogP contribution in [-0.4, -0.2) is 60.4 Å². The maximum Gasteiger partial charge on any atom is 0.248 e. The Morgan fingerprint density at radius 3 is 3.26 bits per heavy atom. The minimum Gasteiger partial charge on any atom is -0.486 e. The molecule has 2 atom stereocenters. The van der Waals surface area contributed by atoms with Crippen LogP contribution in [0.5, 0.6) is 5.75 Å². The number of pyridine rings is 1. The number of hydrogen-bond donors (Lipinski definition) is 0. The number of hydrogen-bond acceptors (Lipinski definition) is 5. The van der Waals surface area contributed by atoms with E-state index in [1.165, 1.54) is 0 Å². The Bertz CT molecular complexity index is 525. The second-order valence-corrected chi connectivity index (χ2v) is 6.18. The molecule has 23 heavy (non-hydrogen) atoms. The molecule has 126 valence electrons. The lowest BCUT2D eigenvalue weighted by Gasteiger charge is -2.39. The van der Waals surface area contributed by atoms with Gasteiger partial charge in [-0.2, -0.15) is 0 Å². The van der Waals surface area contributed by atoms with Crippen LogP contribution in [0.3, 0.4) is 0 Å². The zero-order chi connectivity index (χ0) is 16.1. The van der Waals surface area contributed by atoms with Crippen molar-refractivity contribution in [1.29, 1.82) is 0 Å². The normalized spacial score (nSPS) is 27.3. The molecule has 1 spiro atoms. The first-order valence-corrected chi connectivity index (χ1v) is 8.27. The molecule has 2 aliphatic heterocycles. The highest BCUT2D eigenvalue weighted by Gasteiger charge is 2.45. The van der Waals surface area contributed by atoms with Gasteiger partial charge < -0.3 is 19.1 Å². The second kappa shape index (κ2) is 7.27. The van der Waals surface area contributed by atoms with Crippen molar-refractivity contribution in [3.63, 3.8) is 0 Å². The minimum absolute atomic E-state index is 0.0149. The smallest absolute Gasteiger partial charge is 0.248 e. The molecule has 6 nitrogen and oxygen atoms in total. The number of carbonyl (C=O) groups is 1. The van der Waals surface area contributed by atoms with Crippen LogP contribution in [0.15, 0.2) is 24.5 Å². The van der Waals surface area contributed by atoms with Gasteiger partial charge in [0.2, 0.25) is 5.91 Å². The fourth-order valence-corrected chi connectivity index (χ4v) is 3.36. The number of likely N-dealkylation sites (tertiary alicyclic amines) is 1. The first kappa shape index (κ1) is 16.2. The summed E-state index contributed by atoms with van der Waals surface area (Å²) < 4.78 is 17.3. The van der Waals surface area contributed by atoms with Crippen LogP contribution >= 0.6 is 0 Å². The second-order valence-electron chi connectivity index (χ2n) is 6.18. The van der Waals surface area contributed by atoms with Gasteiger partial charge in [-0.15, -0.1) is 0 Å². The molecule has 0 aromatic carbocycles. The number of amides is 1. The first-order chi connectivity index (χ1) is 11.2. The largest absolute Gasteiger partial charge is 0.486 e. The summed E-state index contributed by atoms with van der Waals surface area (Å²) in [5.41, 5.74) is -0.271. The average molecular weight is 320 g/mol. The van der Waals surface area contributed by atoms with E-state index < -0.39 is 0 Å². The quantitative estimate of drug-likeness (QED) is 0.825. The standard InChI is InChI=1S/C17H24N2O4/c1-2-21-12-16(20)19-8-4-6-17(13-19)9-15(11-22-17)23-14-5-3-7-18-10-14/h3,5,7,10,15H,2,4,6,8-9,11-13H2,1H3/t15-,17-/m0/s1. The van der Waals surface area contributed by atoms with Gasteiger partial charge in [0.15, 0.2) is 0 Å². The molecule has 6 heteroatoms. The minimum atomic E-state index is -0.271. The van der Waals surface area contributed by atoms with Crippen molar-refractivity contribution in [3.8, 4) is 5.75 Å². The third kappa shape index (κ3) is 4.00. The van der Waals surface area contributed by atoms with E-state index in [9.17, 15) is 4.79 Å². The highest BCUT2D eigenvalue weighted by atomic mass is 16.6. The van der Waals surface area contributed by atoms with E-state index >= 15 is 0 Å². The van der Waals surface area contributed by atoms with Gasteiger partial charge in [0.1, 0.15) is 18.5 Å². The highest BCUT2D eigenvalue weighted by Crippen LogP contribution is 2.36. The van der Waals surface area contributed by atoms with E-state index in [0.717, 1.165) is 31.6 Å². The topological polar surface area (TPSA) is 60.9 Å². The summed E-state index contributed by atoms with van der Waals surface area (Å²) in [6, 6.07) is 3.76. The van der Waals surface area contributed by atoms with Gasteiger partial charge in [-0.25, -0.2) is 0 Å². The molecule has 3 heterocycles. The van der Waals surface area contributed by atoms with Crippen LogP contribution in [-0.2, 0) is 14.3 Å². The van der Waals surface area contributed by atoms with Crippen LogP contribution in [0.1, 0.15) is 26.2 Å². The molecule has 1 aromatic heterocycles. The zero-order valence-electron chi connectivity index (χ0n) is 13.6. The van der Waals surface area contributed by atoms with Crippen LogP contribution in [0.25, 0.3) is 0 Å². The lowest BCUT2D eigenvalue weighted by molar-refractivity contribution is -0.143. The van der Waals surface area contributed by atoms with Gasteiger partial charge in [0.25, 0.3) is 0 Å². The molecule has 0 radical (unpaired) electrons. The number of rotatable bonds is 5. The molecule has 0 aliphatic carbocycles. The van der Waals surface area contributed by atoms with Gasteiger partial charge in [-0.3, -0.25) is 9.78 Å². The molecule has 1 amide bonds. The summed E-state index contributed by atoms with van der Waals surface area (Å²) in [6.45, 7) is 4.58. The van der Waals surface area contributed by atoms with Gasteiger partial charge in [-0.05, 0) is 31.9 Å². The molecule has 0 N–H and O–H groups in total. The monoisotopic (exact) mass is 320 g/mol. The summed E-state index contributed by atoms with van der Waals surface area (Å²) in [4.78, 5) is 18.1. The summed E-state index contributed by atoms with van der Waals surface area (Å²) in [6.07, 6.45) is 6.18. The van der Waals surface area contributed by atoms with Crippen molar-refractivity contribution in [2.75, 3.05) is 32.9 Å². The first-order valence-electron chi connectivity index (χ1n) is 8.27. The SMILES string of the molecule is CCOCC(=O)N1CCC[C@]2(C[C@H](Oc3cccnc3)CO2)C1. The molecule has 2 aliphatic rings. The Balaban J connectivity index is 1.56. The summed E-state index contributed by atoms with van der Waals surface area (Å²) in [5, 5.41) is 0. The highest BCUT2D eigenvalue weighted by molar-refractivity contribution is 5.77. The number of carbonyl (C=O) groups excluding carboxylic acids is 1. The third-order valence-corrected chi connectivity index (χ3v) is 4.43. The summed E-state index contributed by atoms with van der Waals surface area (Å²) >= 11 is 0. The third-order valence-electron chi connectivity index (χ3n) is 4.43. The Morgan fingerprint density at radius 2 is 2.48 bits per heavy atom. The van der Waals surface area contributed by atoms with Crippen LogP contribution in [0.2, 0.25) is 0 Å². The Labute approximate surface area is 136 Å². The molecule has 0 unspecified atom stereocenters. The molecule has 2 fully saturated rings. The maximum atomic E-state index is 12.2. The van der Waals surface area contributed by atoms with Crippen LogP contribution in [0, 0.1) is 0 Å². The fraction of sp³-hybridized carbons (Fsp3) is 0.647.